The van der Waals surface area contributed by atoms with Crippen LogP contribution < -0.4 is 11.1 Å². The minimum absolute atomic E-state index is 0.0719. The number of halogens is 1. The number of hydrogen-bond acceptors (Lipinski definition) is 3. The number of nitrogens with one attached hydrogen (secondary N) is 1. The van der Waals surface area contributed by atoms with Crippen molar-refractivity contribution >= 4 is 27.8 Å². The first-order valence-electron chi connectivity index (χ1n) is 5.98. The molecule has 0 saturated heterocycles. The van der Waals surface area contributed by atoms with Gasteiger partial charge in [-0.25, -0.2) is 0 Å². The lowest BCUT2D eigenvalue weighted by Crippen LogP contribution is -2.42. The maximum atomic E-state index is 11.2. The van der Waals surface area contributed by atoms with Crippen molar-refractivity contribution in [2.75, 3.05) is 6.54 Å². The van der Waals surface area contributed by atoms with Gasteiger partial charge in [-0.05, 0) is 37.1 Å². The summed E-state index contributed by atoms with van der Waals surface area (Å²) in [6.45, 7) is 0.573. The molecule has 104 valence electrons. The Balaban J connectivity index is 2.39. The maximum Gasteiger partial charge on any atom is 0.303 e. The van der Waals surface area contributed by atoms with Crippen molar-refractivity contribution < 1.29 is 14.7 Å². The van der Waals surface area contributed by atoms with E-state index in [2.05, 4.69) is 21.2 Å². The Bertz CT molecular complexity index is 451. The first kappa shape index (κ1) is 15.7. The number of primary amides is 1. The number of rotatable bonds is 8. The van der Waals surface area contributed by atoms with E-state index in [1.54, 1.807) is 0 Å². The van der Waals surface area contributed by atoms with Gasteiger partial charge in [0.25, 0.3) is 0 Å². The van der Waals surface area contributed by atoms with Crippen LogP contribution >= 0.6 is 15.9 Å². The van der Waals surface area contributed by atoms with Gasteiger partial charge in [-0.3, -0.25) is 9.59 Å². The molecule has 1 amide bonds. The molecule has 0 spiro atoms. The third-order valence-electron chi connectivity index (χ3n) is 2.68. The number of amides is 1. The Hall–Kier alpha value is -1.40. The summed E-state index contributed by atoms with van der Waals surface area (Å²) in [4.78, 5) is 21.6. The number of carboxylic acids is 1. The highest BCUT2D eigenvalue weighted by molar-refractivity contribution is 9.10. The zero-order valence-electron chi connectivity index (χ0n) is 10.4. The highest BCUT2D eigenvalue weighted by Gasteiger charge is 2.15. The minimum Gasteiger partial charge on any atom is -0.481 e. The van der Waals surface area contributed by atoms with Gasteiger partial charge in [-0.2, -0.15) is 0 Å². The van der Waals surface area contributed by atoms with Crippen molar-refractivity contribution in [3.8, 4) is 0 Å². The zero-order chi connectivity index (χ0) is 14.3. The number of nitrogens with two attached hydrogens (primary N) is 1. The molecule has 0 unspecified atom stereocenters. The van der Waals surface area contributed by atoms with Crippen LogP contribution in [0.3, 0.4) is 0 Å². The standard InChI is InChI=1S/C13H17BrN2O3/c14-10-3-1-2-9(8-10)6-7-16-11(13(15)19)4-5-12(17)18/h1-3,8,11,16H,4-7H2,(H2,15,19)(H,17,18)/t11-/m0/s1. The van der Waals surface area contributed by atoms with Gasteiger partial charge in [0.05, 0.1) is 6.04 Å². The smallest absolute Gasteiger partial charge is 0.303 e. The summed E-state index contributed by atoms with van der Waals surface area (Å²) in [5.74, 6) is -1.45. The van der Waals surface area contributed by atoms with Crippen molar-refractivity contribution in [1.82, 2.24) is 5.32 Å². The summed E-state index contributed by atoms with van der Waals surface area (Å²) in [6.07, 6.45) is 0.886. The van der Waals surface area contributed by atoms with Crippen LogP contribution in [-0.4, -0.2) is 29.6 Å². The molecule has 4 N–H and O–H groups in total. The number of carbonyl (C=O) groups excluding carboxylic acids is 1. The third kappa shape index (κ3) is 6.35. The molecule has 5 nitrogen and oxygen atoms in total. The molecule has 0 aromatic heterocycles. The minimum atomic E-state index is -0.931. The second kappa shape index (κ2) is 7.91. The lowest BCUT2D eigenvalue weighted by Gasteiger charge is -2.14. The monoisotopic (exact) mass is 328 g/mol. The molecule has 0 fully saturated rings. The molecule has 19 heavy (non-hydrogen) atoms. The lowest BCUT2D eigenvalue weighted by atomic mass is 10.1. The average Bonchev–Trinajstić information content (AvgIpc) is 2.32. The van der Waals surface area contributed by atoms with Crippen molar-refractivity contribution in [1.29, 1.82) is 0 Å². The Morgan fingerprint density at radius 2 is 2.16 bits per heavy atom. The molecule has 1 aromatic rings. The summed E-state index contributed by atoms with van der Waals surface area (Å²) in [7, 11) is 0. The van der Waals surface area contributed by atoms with Crippen molar-refractivity contribution in [3.63, 3.8) is 0 Å². The SMILES string of the molecule is NC(=O)[C@H](CCC(=O)O)NCCc1cccc(Br)c1. The van der Waals surface area contributed by atoms with Gasteiger partial charge in [0.1, 0.15) is 0 Å². The van der Waals surface area contributed by atoms with Crippen LogP contribution in [0.25, 0.3) is 0 Å². The molecular formula is C13H17BrN2O3. The van der Waals surface area contributed by atoms with E-state index < -0.39 is 17.9 Å². The quantitative estimate of drug-likeness (QED) is 0.670. The number of aliphatic carboxylic acids is 1. The van der Waals surface area contributed by atoms with Crippen molar-refractivity contribution in [3.05, 3.63) is 34.3 Å². The van der Waals surface area contributed by atoms with E-state index >= 15 is 0 Å². The molecule has 1 aromatic carbocycles. The lowest BCUT2D eigenvalue weighted by molar-refractivity contribution is -0.137. The molecular weight excluding hydrogens is 312 g/mol. The molecule has 1 rings (SSSR count). The van der Waals surface area contributed by atoms with Gasteiger partial charge < -0.3 is 16.2 Å². The molecule has 0 saturated carbocycles. The average molecular weight is 329 g/mol. The molecule has 0 aliphatic heterocycles. The Morgan fingerprint density at radius 3 is 2.74 bits per heavy atom. The fraction of sp³-hybridized carbons (Fsp3) is 0.385. The van der Waals surface area contributed by atoms with Gasteiger partial charge in [0.15, 0.2) is 0 Å². The number of benzene rings is 1. The predicted molar refractivity (Wildman–Crippen MR) is 75.7 cm³/mol. The van der Waals surface area contributed by atoms with Crippen LogP contribution in [0.5, 0.6) is 0 Å². The fourth-order valence-electron chi connectivity index (χ4n) is 1.70. The van der Waals surface area contributed by atoms with Gasteiger partial charge in [-0.1, -0.05) is 28.1 Å². The van der Waals surface area contributed by atoms with E-state index in [1.807, 2.05) is 24.3 Å². The first-order chi connectivity index (χ1) is 8.99. The highest BCUT2D eigenvalue weighted by Crippen LogP contribution is 2.11. The summed E-state index contributed by atoms with van der Waals surface area (Å²) in [5.41, 5.74) is 6.35. The van der Waals surface area contributed by atoms with Crippen molar-refractivity contribution in [2.45, 2.75) is 25.3 Å². The highest BCUT2D eigenvalue weighted by atomic mass is 79.9. The largest absolute Gasteiger partial charge is 0.481 e. The maximum absolute atomic E-state index is 11.2. The normalized spacial score (nSPS) is 12.1. The Morgan fingerprint density at radius 1 is 1.42 bits per heavy atom. The zero-order valence-corrected chi connectivity index (χ0v) is 12.0. The second-order valence-electron chi connectivity index (χ2n) is 4.22. The number of hydrogen-bond donors (Lipinski definition) is 3. The van der Waals surface area contributed by atoms with Crippen LogP contribution in [0.15, 0.2) is 28.7 Å². The molecule has 0 radical (unpaired) electrons. The summed E-state index contributed by atoms with van der Waals surface area (Å²) in [6, 6.07) is 7.27. The van der Waals surface area contributed by atoms with E-state index in [4.69, 9.17) is 10.8 Å². The third-order valence-corrected chi connectivity index (χ3v) is 3.18. The van der Waals surface area contributed by atoms with Gasteiger partial charge in [0, 0.05) is 10.9 Å². The van der Waals surface area contributed by atoms with Crippen LogP contribution in [0.1, 0.15) is 18.4 Å². The van der Waals surface area contributed by atoms with E-state index in [9.17, 15) is 9.59 Å². The Kier molecular flexibility index (Phi) is 6.52. The fourth-order valence-corrected chi connectivity index (χ4v) is 2.14. The topological polar surface area (TPSA) is 92.4 Å². The van der Waals surface area contributed by atoms with Gasteiger partial charge in [-0.15, -0.1) is 0 Å². The molecule has 0 aliphatic carbocycles. The summed E-state index contributed by atoms with van der Waals surface area (Å²) in [5, 5.41) is 11.6. The predicted octanol–water partition coefficient (Wildman–Crippen LogP) is 1.30. The van der Waals surface area contributed by atoms with Crippen molar-refractivity contribution in [2.24, 2.45) is 5.73 Å². The molecule has 0 bridgehead atoms. The number of carboxylic acid groups (broad SMARTS) is 1. The second-order valence-corrected chi connectivity index (χ2v) is 5.14. The number of carbonyl (C=O) groups is 2. The molecule has 1 atom stereocenters. The van der Waals surface area contributed by atoms with Crippen LogP contribution in [0.4, 0.5) is 0 Å². The van der Waals surface area contributed by atoms with Crippen LogP contribution in [-0.2, 0) is 16.0 Å². The molecule has 0 aliphatic rings. The Labute approximate surface area is 120 Å². The van der Waals surface area contributed by atoms with E-state index in [0.717, 1.165) is 16.5 Å². The van der Waals surface area contributed by atoms with Gasteiger partial charge >= 0.3 is 5.97 Å². The van der Waals surface area contributed by atoms with Crippen LogP contribution in [0.2, 0.25) is 0 Å². The van der Waals surface area contributed by atoms with Crippen LogP contribution in [0, 0.1) is 0 Å². The van der Waals surface area contributed by atoms with E-state index in [1.165, 1.54) is 0 Å². The summed E-state index contributed by atoms with van der Waals surface area (Å²) < 4.78 is 1.00. The molecule has 6 heteroatoms. The summed E-state index contributed by atoms with van der Waals surface area (Å²) >= 11 is 3.39. The van der Waals surface area contributed by atoms with E-state index in [0.29, 0.717) is 6.54 Å². The van der Waals surface area contributed by atoms with Gasteiger partial charge in [0.2, 0.25) is 5.91 Å². The first-order valence-corrected chi connectivity index (χ1v) is 6.77. The molecule has 0 heterocycles. The van der Waals surface area contributed by atoms with E-state index in [-0.39, 0.29) is 12.8 Å².